The average molecular weight is 213 g/mol. The highest BCUT2D eigenvalue weighted by Crippen LogP contribution is 2.24. The molecular formula is C11H23N3O. The number of nitrogens with zero attached hydrogens (tertiary/aromatic N) is 1. The highest BCUT2D eigenvalue weighted by Gasteiger charge is 2.33. The lowest BCUT2D eigenvalue weighted by Crippen LogP contribution is -2.51. The van der Waals surface area contributed by atoms with Crippen LogP contribution in [0.2, 0.25) is 0 Å². The molecule has 0 amide bonds. The molecule has 0 aliphatic carbocycles. The first-order valence-electron chi connectivity index (χ1n) is 5.72. The highest BCUT2D eigenvalue weighted by atomic mass is 16.5. The molecule has 2 N–H and O–H groups in total. The van der Waals surface area contributed by atoms with E-state index in [2.05, 4.69) is 29.5 Å². The van der Waals surface area contributed by atoms with Gasteiger partial charge in [-0.05, 0) is 6.42 Å². The van der Waals surface area contributed by atoms with Crippen molar-refractivity contribution in [2.45, 2.75) is 26.7 Å². The van der Waals surface area contributed by atoms with Crippen LogP contribution in [-0.2, 0) is 4.74 Å². The van der Waals surface area contributed by atoms with Crippen LogP contribution in [0.25, 0.3) is 0 Å². The lowest BCUT2D eigenvalue weighted by molar-refractivity contribution is -0.0971. The minimum Gasteiger partial charge on any atom is -0.380 e. The number of rotatable bonds is 5. The van der Waals surface area contributed by atoms with Crippen molar-refractivity contribution in [2.24, 2.45) is 10.4 Å². The summed E-state index contributed by atoms with van der Waals surface area (Å²) in [6, 6.07) is 0. The Morgan fingerprint density at radius 2 is 2.13 bits per heavy atom. The molecule has 1 saturated heterocycles. The molecule has 0 aromatic heterocycles. The Balaban J connectivity index is 2.16. The van der Waals surface area contributed by atoms with E-state index < -0.39 is 0 Å². The van der Waals surface area contributed by atoms with Crippen LogP contribution in [0.15, 0.2) is 4.99 Å². The van der Waals surface area contributed by atoms with Crippen molar-refractivity contribution >= 4 is 5.96 Å². The van der Waals surface area contributed by atoms with E-state index in [4.69, 9.17) is 4.74 Å². The van der Waals surface area contributed by atoms with Gasteiger partial charge in [0, 0.05) is 25.6 Å². The highest BCUT2D eigenvalue weighted by molar-refractivity contribution is 5.79. The molecule has 1 rings (SSSR count). The molecule has 0 aromatic carbocycles. The number of hydrogen-bond donors (Lipinski definition) is 2. The number of hydrogen-bond acceptors (Lipinski definition) is 2. The third kappa shape index (κ3) is 4.08. The van der Waals surface area contributed by atoms with E-state index in [1.54, 1.807) is 7.05 Å². The van der Waals surface area contributed by atoms with Gasteiger partial charge in [0.2, 0.25) is 0 Å². The normalized spacial score (nSPS) is 19.5. The van der Waals surface area contributed by atoms with Crippen LogP contribution in [0.4, 0.5) is 0 Å². The van der Waals surface area contributed by atoms with E-state index in [-0.39, 0.29) is 0 Å². The second kappa shape index (κ2) is 5.95. The predicted octanol–water partition coefficient (Wildman–Crippen LogP) is 0.988. The molecule has 0 saturated carbocycles. The molecular weight excluding hydrogens is 190 g/mol. The fraction of sp³-hybridized carbons (Fsp3) is 0.909. The fourth-order valence-electron chi connectivity index (χ4n) is 1.45. The second-order valence-electron chi connectivity index (χ2n) is 4.51. The summed E-state index contributed by atoms with van der Waals surface area (Å²) in [6.45, 7) is 8.04. The molecule has 0 atom stereocenters. The zero-order valence-electron chi connectivity index (χ0n) is 10.1. The Hall–Kier alpha value is -0.770. The van der Waals surface area contributed by atoms with Gasteiger partial charge >= 0.3 is 0 Å². The Bertz CT molecular complexity index is 212. The van der Waals surface area contributed by atoms with Crippen molar-refractivity contribution in [1.82, 2.24) is 10.6 Å². The van der Waals surface area contributed by atoms with Crippen molar-refractivity contribution < 1.29 is 4.74 Å². The molecule has 1 aliphatic heterocycles. The van der Waals surface area contributed by atoms with Gasteiger partial charge in [-0.25, -0.2) is 0 Å². The van der Waals surface area contributed by atoms with Crippen molar-refractivity contribution in [3.05, 3.63) is 0 Å². The lowest BCUT2D eigenvalue weighted by atomic mass is 9.89. The lowest BCUT2D eigenvalue weighted by Gasteiger charge is -2.38. The zero-order valence-corrected chi connectivity index (χ0v) is 10.1. The average Bonchev–Trinajstić information content (AvgIpc) is 2.20. The Kier molecular flexibility index (Phi) is 4.88. The monoisotopic (exact) mass is 213 g/mol. The topological polar surface area (TPSA) is 45.7 Å². The Morgan fingerprint density at radius 1 is 1.40 bits per heavy atom. The van der Waals surface area contributed by atoms with Crippen molar-refractivity contribution in [2.75, 3.05) is 33.4 Å². The summed E-state index contributed by atoms with van der Waals surface area (Å²) >= 11 is 0. The Morgan fingerprint density at radius 3 is 2.60 bits per heavy atom. The maximum absolute atomic E-state index is 5.20. The van der Waals surface area contributed by atoms with Crippen molar-refractivity contribution in [3.8, 4) is 0 Å². The molecule has 0 spiro atoms. The summed E-state index contributed by atoms with van der Waals surface area (Å²) in [6.07, 6.45) is 2.39. The van der Waals surface area contributed by atoms with Gasteiger partial charge in [-0.15, -0.1) is 0 Å². The van der Waals surface area contributed by atoms with E-state index in [9.17, 15) is 0 Å². The van der Waals surface area contributed by atoms with Crippen molar-refractivity contribution in [1.29, 1.82) is 0 Å². The molecule has 0 radical (unpaired) electrons. The van der Waals surface area contributed by atoms with Gasteiger partial charge in [0.25, 0.3) is 0 Å². The number of ether oxygens (including phenoxy) is 1. The summed E-state index contributed by atoms with van der Waals surface area (Å²) in [4.78, 5) is 4.17. The number of unbranched alkanes of at least 4 members (excludes halogenated alkanes) is 1. The van der Waals surface area contributed by atoms with E-state index in [1.165, 1.54) is 12.8 Å². The molecule has 0 unspecified atom stereocenters. The zero-order chi connectivity index (χ0) is 11.1. The Labute approximate surface area is 92.5 Å². The first-order chi connectivity index (χ1) is 7.20. The fourth-order valence-corrected chi connectivity index (χ4v) is 1.45. The standard InChI is InChI=1S/C11H23N3O/c1-4-5-6-13-10(12-3)14-7-11(2)8-15-9-11/h4-9H2,1-3H3,(H2,12,13,14). The van der Waals surface area contributed by atoms with E-state index in [0.717, 1.165) is 32.3 Å². The minimum atomic E-state index is 0.294. The summed E-state index contributed by atoms with van der Waals surface area (Å²) in [5.74, 6) is 0.900. The quantitative estimate of drug-likeness (QED) is 0.407. The van der Waals surface area contributed by atoms with Gasteiger partial charge in [0.1, 0.15) is 0 Å². The van der Waals surface area contributed by atoms with Crippen LogP contribution in [0.3, 0.4) is 0 Å². The van der Waals surface area contributed by atoms with Gasteiger partial charge in [0.05, 0.1) is 13.2 Å². The van der Waals surface area contributed by atoms with E-state index in [1.807, 2.05) is 0 Å². The smallest absolute Gasteiger partial charge is 0.190 e. The third-order valence-corrected chi connectivity index (χ3v) is 2.63. The van der Waals surface area contributed by atoms with Crippen molar-refractivity contribution in [3.63, 3.8) is 0 Å². The molecule has 88 valence electrons. The van der Waals surface area contributed by atoms with E-state index >= 15 is 0 Å². The predicted molar refractivity (Wildman–Crippen MR) is 63.2 cm³/mol. The number of aliphatic imine (C=N–C) groups is 1. The summed E-state index contributed by atoms with van der Waals surface area (Å²) in [5.41, 5.74) is 0.294. The van der Waals surface area contributed by atoms with Crippen LogP contribution in [0.1, 0.15) is 26.7 Å². The molecule has 4 heteroatoms. The van der Waals surface area contributed by atoms with Gasteiger partial charge in [-0.3, -0.25) is 4.99 Å². The maximum atomic E-state index is 5.20. The summed E-state index contributed by atoms with van der Waals surface area (Å²) in [5, 5.41) is 6.62. The van der Waals surface area contributed by atoms with Gasteiger partial charge < -0.3 is 15.4 Å². The SMILES string of the molecule is CCCCNC(=NC)NCC1(C)COC1. The first-order valence-corrected chi connectivity index (χ1v) is 5.72. The van der Waals surface area contributed by atoms with Crippen LogP contribution < -0.4 is 10.6 Å². The van der Waals surface area contributed by atoms with Crippen LogP contribution in [0, 0.1) is 5.41 Å². The summed E-state index contributed by atoms with van der Waals surface area (Å²) in [7, 11) is 1.81. The van der Waals surface area contributed by atoms with Crippen LogP contribution >= 0.6 is 0 Å². The molecule has 15 heavy (non-hydrogen) atoms. The maximum Gasteiger partial charge on any atom is 0.190 e. The molecule has 1 aliphatic rings. The van der Waals surface area contributed by atoms with Gasteiger partial charge in [-0.1, -0.05) is 20.3 Å². The van der Waals surface area contributed by atoms with Gasteiger partial charge in [-0.2, -0.15) is 0 Å². The first kappa shape index (κ1) is 12.3. The molecule has 4 nitrogen and oxygen atoms in total. The molecule has 0 bridgehead atoms. The molecule has 1 fully saturated rings. The third-order valence-electron chi connectivity index (χ3n) is 2.63. The van der Waals surface area contributed by atoms with Crippen LogP contribution in [0.5, 0.6) is 0 Å². The minimum absolute atomic E-state index is 0.294. The van der Waals surface area contributed by atoms with E-state index in [0.29, 0.717) is 5.41 Å². The number of nitrogens with one attached hydrogen (secondary N) is 2. The van der Waals surface area contributed by atoms with Gasteiger partial charge in [0.15, 0.2) is 5.96 Å². The van der Waals surface area contributed by atoms with Crippen LogP contribution in [-0.4, -0.2) is 39.3 Å². The largest absolute Gasteiger partial charge is 0.380 e. The molecule has 1 heterocycles. The second-order valence-corrected chi connectivity index (χ2v) is 4.51. The molecule has 0 aromatic rings. The number of guanidine groups is 1. The summed E-state index contributed by atoms with van der Waals surface area (Å²) < 4.78 is 5.20.